The summed E-state index contributed by atoms with van der Waals surface area (Å²) in [5, 5.41) is 2.48. The Morgan fingerprint density at radius 3 is 2.62 bits per heavy atom. The number of carbonyl (C=O) groups excluding carboxylic acids is 1. The molecule has 5 heteroatoms. The number of alkyl carbamates (subject to hydrolysis) is 1. The van der Waals surface area contributed by atoms with Gasteiger partial charge >= 0.3 is 6.09 Å². The zero-order valence-electron chi connectivity index (χ0n) is 10.5. The lowest BCUT2D eigenvalue weighted by Crippen LogP contribution is -2.43. The van der Waals surface area contributed by atoms with Crippen LogP contribution in [0.5, 0.6) is 0 Å². The number of amides is 1. The number of nitrogens with one attached hydrogen (secondary N) is 1. The van der Waals surface area contributed by atoms with Gasteiger partial charge in [0, 0.05) is 13.1 Å². The van der Waals surface area contributed by atoms with Crippen molar-refractivity contribution in [3.05, 3.63) is 0 Å². The van der Waals surface area contributed by atoms with Gasteiger partial charge in [-0.3, -0.25) is 0 Å². The van der Waals surface area contributed by atoms with Crippen LogP contribution in [-0.4, -0.2) is 48.9 Å². The molecule has 1 unspecified atom stereocenters. The molecule has 0 aliphatic carbocycles. The van der Waals surface area contributed by atoms with Gasteiger partial charge in [0.05, 0.1) is 6.54 Å². The molecule has 1 aliphatic rings. The van der Waals surface area contributed by atoms with E-state index in [1.807, 2.05) is 11.9 Å². The molecule has 1 saturated heterocycles. The Morgan fingerprint density at radius 1 is 1.56 bits per heavy atom. The molecule has 4 nitrogen and oxygen atoms in total. The summed E-state index contributed by atoms with van der Waals surface area (Å²) in [7, 11) is 1.87. The molecule has 94 valence electrons. The molecule has 1 N–H and O–H groups in total. The SMILES string of the molecule is CN1CCC(F)(CNC(=O)OC(C)(C)C)C1. The van der Waals surface area contributed by atoms with Crippen LogP contribution in [0.3, 0.4) is 0 Å². The van der Waals surface area contributed by atoms with Crippen LogP contribution in [0.25, 0.3) is 0 Å². The molecular formula is C11H21FN2O2. The zero-order chi connectivity index (χ0) is 12.4. The lowest BCUT2D eigenvalue weighted by atomic mass is 10.1. The van der Waals surface area contributed by atoms with Gasteiger partial charge < -0.3 is 15.0 Å². The van der Waals surface area contributed by atoms with Gasteiger partial charge in [-0.05, 0) is 34.2 Å². The second-order valence-corrected chi connectivity index (χ2v) is 5.49. The minimum Gasteiger partial charge on any atom is -0.444 e. The smallest absolute Gasteiger partial charge is 0.407 e. The number of likely N-dealkylation sites (tertiary alicyclic amines) is 1. The summed E-state index contributed by atoms with van der Waals surface area (Å²) in [4.78, 5) is 13.2. The van der Waals surface area contributed by atoms with Gasteiger partial charge in [0.1, 0.15) is 11.3 Å². The average molecular weight is 232 g/mol. The third-order valence-electron chi connectivity index (χ3n) is 2.44. The maximum atomic E-state index is 14.0. The summed E-state index contributed by atoms with van der Waals surface area (Å²) in [6, 6.07) is 0. The first kappa shape index (κ1) is 13.2. The van der Waals surface area contributed by atoms with Gasteiger partial charge in [-0.2, -0.15) is 0 Å². The summed E-state index contributed by atoms with van der Waals surface area (Å²) in [5.41, 5.74) is -1.86. The van der Waals surface area contributed by atoms with E-state index in [9.17, 15) is 9.18 Å². The summed E-state index contributed by atoms with van der Waals surface area (Å²) < 4.78 is 19.1. The molecule has 1 rings (SSSR count). The van der Waals surface area contributed by atoms with Gasteiger partial charge in [0.15, 0.2) is 0 Å². The van der Waals surface area contributed by atoms with E-state index in [-0.39, 0.29) is 6.54 Å². The highest BCUT2D eigenvalue weighted by molar-refractivity contribution is 5.67. The van der Waals surface area contributed by atoms with E-state index in [1.54, 1.807) is 20.8 Å². The molecule has 0 bridgehead atoms. The first-order valence-electron chi connectivity index (χ1n) is 5.55. The van der Waals surface area contributed by atoms with E-state index < -0.39 is 17.4 Å². The van der Waals surface area contributed by atoms with E-state index >= 15 is 0 Å². The van der Waals surface area contributed by atoms with Gasteiger partial charge in [0.2, 0.25) is 0 Å². The Morgan fingerprint density at radius 2 is 2.19 bits per heavy atom. The molecule has 0 aromatic rings. The molecule has 1 fully saturated rings. The van der Waals surface area contributed by atoms with E-state index in [4.69, 9.17) is 4.74 Å². The average Bonchev–Trinajstić information content (AvgIpc) is 2.41. The number of hydrogen-bond acceptors (Lipinski definition) is 3. The van der Waals surface area contributed by atoms with E-state index in [0.29, 0.717) is 13.0 Å². The highest BCUT2D eigenvalue weighted by atomic mass is 19.1. The lowest BCUT2D eigenvalue weighted by Gasteiger charge is -2.23. The van der Waals surface area contributed by atoms with Crippen LogP contribution < -0.4 is 5.32 Å². The lowest BCUT2D eigenvalue weighted by molar-refractivity contribution is 0.0481. The maximum absolute atomic E-state index is 14.0. The Labute approximate surface area is 96.1 Å². The van der Waals surface area contributed by atoms with Crippen molar-refractivity contribution in [2.24, 2.45) is 0 Å². The Hall–Kier alpha value is -0.840. The number of alkyl halides is 1. The fourth-order valence-electron chi connectivity index (χ4n) is 1.72. The molecule has 0 saturated carbocycles. The van der Waals surface area contributed by atoms with Crippen LogP contribution in [0, 0.1) is 0 Å². The number of hydrogen-bond donors (Lipinski definition) is 1. The van der Waals surface area contributed by atoms with Crippen molar-refractivity contribution >= 4 is 6.09 Å². The molecular weight excluding hydrogens is 211 g/mol. The Balaban J connectivity index is 2.32. The molecule has 0 aromatic carbocycles. The van der Waals surface area contributed by atoms with Crippen molar-refractivity contribution in [2.75, 3.05) is 26.7 Å². The van der Waals surface area contributed by atoms with Crippen LogP contribution in [0.4, 0.5) is 9.18 Å². The van der Waals surface area contributed by atoms with Crippen molar-refractivity contribution < 1.29 is 13.9 Å². The van der Waals surface area contributed by atoms with Crippen LogP contribution in [-0.2, 0) is 4.74 Å². The number of rotatable bonds is 2. The minimum atomic E-state index is -1.31. The summed E-state index contributed by atoms with van der Waals surface area (Å²) in [6.07, 6.45) is -0.0988. The highest BCUT2D eigenvalue weighted by Crippen LogP contribution is 2.23. The maximum Gasteiger partial charge on any atom is 0.407 e. The largest absolute Gasteiger partial charge is 0.444 e. The van der Waals surface area contributed by atoms with Crippen LogP contribution in [0.2, 0.25) is 0 Å². The van der Waals surface area contributed by atoms with Crippen LogP contribution in [0.1, 0.15) is 27.2 Å². The zero-order valence-corrected chi connectivity index (χ0v) is 10.5. The monoisotopic (exact) mass is 232 g/mol. The molecule has 0 radical (unpaired) electrons. The van der Waals surface area contributed by atoms with Gasteiger partial charge in [-0.15, -0.1) is 0 Å². The molecule has 1 heterocycles. The Kier molecular flexibility index (Phi) is 3.78. The first-order valence-corrected chi connectivity index (χ1v) is 5.55. The van der Waals surface area contributed by atoms with Gasteiger partial charge in [-0.25, -0.2) is 9.18 Å². The Bertz CT molecular complexity index is 265. The third-order valence-corrected chi connectivity index (χ3v) is 2.44. The van der Waals surface area contributed by atoms with Crippen molar-refractivity contribution in [1.29, 1.82) is 0 Å². The minimum absolute atomic E-state index is 0.0201. The predicted molar refractivity (Wildman–Crippen MR) is 60.2 cm³/mol. The second kappa shape index (κ2) is 4.57. The standard InChI is InChI=1S/C11H21FN2O2/c1-10(2,3)16-9(15)13-7-11(12)5-6-14(4)8-11/h5-8H2,1-4H3,(H,13,15). The van der Waals surface area contributed by atoms with E-state index in [0.717, 1.165) is 6.54 Å². The molecule has 1 atom stereocenters. The molecule has 1 aliphatic heterocycles. The van der Waals surface area contributed by atoms with Crippen molar-refractivity contribution in [3.63, 3.8) is 0 Å². The summed E-state index contributed by atoms with van der Waals surface area (Å²) >= 11 is 0. The number of ether oxygens (including phenoxy) is 1. The number of nitrogens with zero attached hydrogens (tertiary/aromatic N) is 1. The highest BCUT2D eigenvalue weighted by Gasteiger charge is 2.37. The fraction of sp³-hybridized carbons (Fsp3) is 0.909. The fourth-order valence-corrected chi connectivity index (χ4v) is 1.72. The molecule has 0 aromatic heterocycles. The van der Waals surface area contributed by atoms with Crippen molar-refractivity contribution in [2.45, 2.75) is 38.5 Å². The van der Waals surface area contributed by atoms with Gasteiger partial charge in [-0.1, -0.05) is 0 Å². The summed E-state index contributed by atoms with van der Waals surface area (Å²) in [6.45, 7) is 6.45. The normalized spacial score (nSPS) is 26.8. The van der Waals surface area contributed by atoms with E-state index in [2.05, 4.69) is 5.32 Å². The van der Waals surface area contributed by atoms with Crippen LogP contribution in [0.15, 0.2) is 0 Å². The van der Waals surface area contributed by atoms with Crippen molar-refractivity contribution in [3.8, 4) is 0 Å². The number of halogens is 1. The predicted octanol–water partition coefficient (Wildman–Crippen LogP) is 1.55. The topological polar surface area (TPSA) is 41.6 Å². The number of carbonyl (C=O) groups is 1. The third kappa shape index (κ3) is 4.35. The van der Waals surface area contributed by atoms with E-state index in [1.165, 1.54) is 0 Å². The quantitative estimate of drug-likeness (QED) is 0.785. The molecule has 16 heavy (non-hydrogen) atoms. The van der Waals surface area contributed by atoms with Gasteiger partial charge in [0.25, 0.3) is 0 Å². The molecule has 1 amide bonds. The van der Waals surface area contributed by atoms with Crippen LogP contribution >= 0.6 is 0 Å². The second-order valence-electron chi connectivity index (χ2n) is 5.49. The first-order chi connectivity index (χ1) is 7.20. The molecule has 0 spiro atoms. The van der Waals surface area contributed by atoms with Crippen molar-refractivity contribution in [1.82, 2.24) is 10.2 Å². The summed E-state index contributed by atoms with van der Waals surface area (Å²) in [5.74, 6) is 0.